The van der Waals surface area contributed by atoms with Crippen LogP contribution in [0.15, 0.2) is 53.2 Å². The maximum Gasteiger partial charge on any atom is 0.130 e. The minimum atomic E-state index is -0.443. The van der Waals surface area contributed by atoms with Crippen LogP contribution in [0.3, 0.4) is 0 Å². The van der Waals surface area contributed by atoms with E-state index >= 15 is 0 Å². The number of fused-ring (bicyclic) bond motifs is 1. The van der Waals surface area contributed by atoms with E-state index in [1.165, 1.54) is 0 Å². The molecule has 1 atom stereocenters. The lowest BCUT2D eigenvalue weighted by molar-refractivity contribution is 0.489. The fourth-order valence-corrected chi connectivity index (χ4v) is 4.11. The number of rotatable bonds is 2. The Labute approximate surface area is 149 Å². The summed E-state index contributed by atoms with van der Waals surface area (Å²) in [5.74, 6) is 0.478. The second-order valence-corrected chi connectivity index (χ2v) is 7.13. The van der Waals surface area contributed by atoms with E-state index < -0.39 is 5.54 Å². The molecule has 122 valence electrons. The Morgan fingerprint density at radius 3 is 3.00 bits per heavy atom. The lowest BCUT2D eigenvalue weighted by Gasteiger charge is -2.29. The highest BCUT2D eigenvalue weighted by Gasteiger charge is 2.34. The van der Waals surface area contributed by atoms with E-state index in [0.29, 0.717) is 17.8 Å². The number of nitrogens with zero attached hydrogens (tertiary/aromatic N) is 4. The van der Waals surface area contributed by atoms with Gasteiger partial charge >= 0.3 is 0 Å². The highest BCUT2D eigenvalue weighted by Crippen LogP contribution is 2.39. The molecule has 0 amide bonds. The summed E-state index contributed by atoms with van der Waals surface area (Å²) in [6, 6.07) is 11.9. The smallest absolute Gasteiger partial charge is 0.130 e. The molecule has 2 aromatic heterocycles. The van der Waals surface area contributed by atoms with Crippen LogP contribution in [-0.4, -0.2) is 15.8 Å². The van der Waals surface area contributed by atoms with Gasteiger partial charge in [-0.2, -0.15) is 5.26 Å². The van der Waals surface area contributed by atoms with Crippen molar-refractivity contribution in [2.75, 3.05) is 0 Å². The van der Waals surface area contributed by atoms with Gasteiger partial charge in [-0.25, -0.2) is 9.97 Å². The van der Waals surface area contributed by atoms with Crippen LogP contribution in [0.5, 0.6) is 0 Å². The van der Waals surface area contributed by atoms with E-state index in [0.717, 1.165) is 27.3 Å². The quantitative estimate of drug-likeness (QED) is 0.772. The van der Waals surface area contributed by atoms with Crippen molar-refractivity contribution in [1.82, 2.24) is 9.97 Å². The molecule has 6 heteroatoms. The molecule has 2 N–H and O–H groups in total. The molecule has 25 heavy (non-hydrogen) atoms. The molecule has 3 aromatic rings. The molecule has 0 fully saturated rings. The number of nitriles is 1. The summed E-state index contributed by atoms with van der Waals surface area (Å²) in [6.45, 7) is 2.08. The van der Waals surface area contributed by atoms with Crippen LogP contribution < -0.4 is 5.73 Å². The van der Waals surface area contributed by atoms with Gasteiger partial charge in [0.05, 0.1) is 28.4 Å². The van der Waals surface area contributed by atoms with Crippen LogP contribution in [0.1, 0.15) is 28.6 Å². The van der Waals surface area contributed by atoms with Gasteiger partial charge in [0, 0.05) is 17.5 Å². The molecule has 1 aliphatic rings. The molecule has 0 saturated carbocycles. The van der Waals surface area contributed by atoms with Crippen LogP contribution in [0.25, 0.3) is 11.1 Å². The first-order chi connectivity index (χ1) is 12.1. The lowest BCUT2D eigenvalue weighted by atomic mass is 9.89. The third-order valence-electron chi connectivity index (χ3n) is 4.40. The fourth-order valence-electron chi connectivity index (χ4n) is 3.08. The molecule has 0 aliphatic carbocycles. The molecule has 1 aromatic carbocycles. The molecular formula is C19H15N5S. The number of hydrogen-bond acceptors (Lipinski definition) is 6. The highest BCUT2D eigenvalue weighted by atomic mass is 32.1. The maximum absolute atomic E-state index is 9.09. The zero-order chi connectivity index (χ0) is 17.4. The van der Waals surface area contributed by atoms with Gasteiger partial charge in [0.15, 0.2) is 0 Å². The number of hydrogen-bond donors (Lipinski definition) is 1. The van der Waals surface area contributed by atoms with Crippen LogP contribution in [-0.2, 0) is 12.0 Å². The van der Waals surface area contributed by atoms with Gasteiger partial charge in [-0.15, -0.1) is 11.3 Å². The van der Waals surface area contributed by atoms with Crippen molar-refractivity contribution in [2.24, 2.45) is 10.7 Å². The largest absolute Gasteiger partial charge is 0.383 e. The van der Waals surface area contributed by atoms with Crippen LogP contribution in [0, 0.1) is 11.3 Å². The van der Waals surface area contributed by atoms with Gasteiger partial charge < -0.3 is 5.73 Å². The molecule has 0 saturated heterocycles. The van der Waals surface area contributed by atoms with Crippen molar-refractivity contribution in [3.8, 4) is 17.2 Å². The monoisotopic (exact) mass is 345 g/mol. The summed E-state index contributed by atoms with van der Waals surface area (Å²) < 4.78 is 0. The van der Waals surface area contributed by atoms with Crippen molar-refractivity contribution < 1.29 is 0 Å². The first-order valence-electron chi connectivity index (χ1n) is 7.83. The first-order valence-corrected chi connectivity index (χ1v) is 8.71. The molecule has 1 aliphatic heterocycles. The second-order valence-electron chi connectivity index (χ2n) is 6.22. The lowest BCUT2D eigenvalue weighted by Crippen LogP contribution is -2.33. The molecular weight excluding hydrogens is 330 g/mol. The third-order valence-corrected chi connectivity index (χ3v) is 5.59. The molecule has 0 radical (unpaired) electrons. The van der Waals surface area contributed by atoms with E-state index in [2.05, 4.69) is 34.4 Å². The van der Waals surface area contributed by atoms with Gasteiger partial charge in [0.25, 0.3) is 0 Å². The minimum Gasteiger partial charge on any atom is -0.383 e. The summed E-state index contributed by atoms with van der Waals surface area (Å²) >= 11 is 1.65. The normalized spacial score (nSPS) is 19.0. The zero-order valence-electron chi connectivity index (χ0n) is 13.6. The van der Waals surface area contributed by atoms with Crippen molar-refractivity contribution in [2.45, 2.75) is 18.9 Å². The van der Waals surface area contributed by atoms with Crippen molar-refractivity contribution in [3.05, 3.63) is 69.9 Å². The predicted molar refractivity (Wildman–Crippen MR) is 98.3 cm³/mol. The minimum absolute atomic E-state index is 0.443. The molecule has 0 spiro atoms. The van der Waals surface area contributed by atoms with Crippen molar-refractivity contribution >= 4 is 17.2 Å². The fraction of sp³-hybridized carbons (Fsp3) is 0.158. The van der Waals surface area contributed by atoms with Crippen LogP contribution >= 0.6 is 11.3 Å². The summed E-state index contributed by atoms with van der Waals surface area (Å²) in [5, 5.41) is 11.2. The van der Waals surface area contributed by atoms with E-state index in [1.54, 1.807) is 29.9 Å². The summed E-state index contributed by atoms with van der Waals surface area (Å²) in [6.07, 6.45) is 3.95. The Bertz CT molecular complexity index is 1030. The molecule has 1 unspecified atom stereocenters. The number of benzene rings is 1. The highest BCUT2D eigenvalue weighted by molar-refractivity contribution is 7.10. The maximum atomic E-state index is 9.09. The Balaban J connectivity index is 1.73. The van der Waals surface area contributed by atoms with Crippen LogP contribution in [0.4, 0.5) is 0 Å². The molecule has 4 rings (SSSR count). The summed E-state index contributed by atoms with van der Waals surface area (Å²) in [7, 11) is 0. The standard InChI is InChI=1S/C19H15N5S/c1-19(7-16-15(18(21)24-19)9-22-11-23-16)17-6-14(10-25-17)13-4-2-3-12(5-13)8-20/h2-6,9-11H,7H2,1H3,(H2,21,24). The van der Waals surface area contributed by atoms with E-state index in [1.807, 2.05) is 18.2 Å². The van der Waals surface area contributed by atoms with Gasteiger partial charge in [-0.1, -0.05) is 12.1 Å². The molecule has 0 bridgehead atoms. The first kappa shape index (κ1) is 15.5. The predicted octanol–water partition coefficient (Wildman–Crippen LogP) is 3.25. The number of amidine groups is 1. The van der Waals surface area contributed by atoms with E-state index in [9.17, 15) is 0 Å². The third kappa shape index (κ3) is 2.69. The van der Waals surface area contributed by atoms with Gasteiger partial charge in [0.1, 0.15) is 12.2 Å². The zero-order valence-corrected chi connectivity index (χ0v) is 14.4. The Kier molecular flexibility index (Phi) is 3.59. The van der Waals surface area contributed by atoms with Crippen LogP contribution in [0.2, 0.25) is 0 Å². The summed E-state index contributed by atoms with van der Waals surface area (Å²) in [4.78, 5) is 14.3. The second kappa shape index (κ2) is 5.80. The summed E-state index contributed by atoms with van der Waals surface area (Å²) in [5.41, 5.74) is 10.2. The van der Waals surface area contributed by atoms with Crippen molar-refractivity contribution in [1.29, 1.82) is 5.26 Å². The molecule has 5 nitrogen and oxygen atoms in total. The average Bonchev–Trinajstić information content (AvgIpc) is 3.13. The van der Waals surface area contributed by atoms with Gasteiger partial charge in [-0.3, -0.25) is 4.99 Å². The Hall–Kier alpha value is -3.04. The van der Waals surface area contributed by atoms with E-state index in [-0.39, 0.29) is 0 Å². The Morgan fingerprint density at radius 2 is 2.16 bits per heavy atom. The number of thiophene rings is 1. The SMILES string of the molecule is CC1(c2cc(-c3cccc(C#N)c3)cs2)Cc2ncncc2C(N)=N1. The number of aliphatic imine (C=N–C) groups is 1. The van der Waals surface area contributed by atoms with Gasteiger partial charge in [-0.05, 0) is 41.6 Å². The molecule has 3 heterocycles. The topological polar surface area (TPSA) is 88.0 Å². The number of nitrogens with two attached hydrogens (primary N) is 1. The number of aromatic nitrogens is 2. The average molecular weight is 345 g/mol. The van der Waals surface area contributed by atoms with Crippen molar-refractivity contribution in [3.63, 3.8) is 0 Å². The Morgan fingerprint density at radius 1 is 1.28 bits per heavy atom. The van der Waals surface area contributed by atoms with E-state index in [4.69, 9.17) is 16.0 Å². The van der Waals surface area contributed by atoms with Gasteiger partial charge in [0.2, 0.25) is 0 Å².